The monoisotopic (exact) mass is 265 g/mol. The summed E-state index contributed by atoms with van der Waals surface area (Å²) in [6.45, 7) is 6.24. The standard InChI is InChI=1S/C16H31N3/c1-3-8-19(15-5-4-9-18(2)12-15)16-10-13-6-7-14(11-16)17-13/h13-17H,3-12H2,1-2H3. The van der Waals surface area contributed by atoms with Crippen LogP contribution in [-0.4, -0.2) is 60.6 Å². The largest absolute Gasteiger partial charge is 0.311 e. The van der Waals surface area contributed by atoms with Gasteiger partial charge >= 0.3 is 0 Å². The maximum atomic E-state index is 3.79. The molecule has 0 aromatic heterocycles. The van der Waals surface area contributed by atoms with E-state index in [-0.39, 0.29) is 0 Å². The summed E-state index contributed by atoms with van der Waals surface area (Å²) in [7, 11) is 2.29. The smallest absolute Gasteiger partial charge is 0.0226 e. The van der Waals surface area contributed by atoms with E-state index in [2.05, 4.69) is 29.1 Å². The Morgan fingerprint density at radius 2 is 1.84 bits per heavy atom. The fraction of sp³-hybridized carbons (Fsp3) is 1.00. The highest BCUT2D eigenvalue weighted by atomic mass is 15.2. The van der Waals surface area contributed by atoms with Crippen LogP contribution in [0, 0.1) is 0 Å². The lowest BCUT2D eigenvalue weighted by molar-refractivity contribution is 0.0517. The zero-order valence-electron chi connectivity index (χ0n) is 12.8. The van der Waals surface area contributed by atoms with Gasteiger partial charge in [-0.25, -0.2) is 0 Å². The lowest BCUT2D eigenvalue weighted by atomic mass is 9.94. The van der Waals surface area contributed by atoms with Crippen LogP contribution in [0.4, 0.5) is 0 Å². The van der Waals surface area contributed by atoms with Crippen LogP contribution in [0.1, 0.15) is 51.9 Å². The van der Waals surface area contributed by atoms with E-state index in [1.807, 2.05) is 0 Å². The molecule has 19 heavy (non-hydrogen) atoms. The van der Waals surface area contributed by atoms with Crippen LogP contribution in [0.5, 0.6) is 0 Å². The molecule has 0 spiro atoms. The molecule has 3 nitrogen and oxygen atoms in total. The van der Waals surface area contributed by atoms with Crippen molar-refractivity contribution < 1.29 is 0 Å². The molecule has 3 fully saturated rings. The van der Waals surface area contributed by atoms with Crippen LogP contribution in [0.3, 0.4) is 0 Å². The first kappa shape index (κ1) is 13.8. The third-order valence-electron chi connectivity index (χ3n) is 5.47. The number of fused-ring (bicyclic) bond motifs is 2. The number of likely N-dealkylation sites (tertiary alicyclic amines) is 1. The Bertz CT molecular complexity index is 282. The lowest BCUT2D eigenvalue weighted by Gasteiger charge is -2.45. The van der Waals surface area contributed by atoms with Crippen LogP contribution in [0.2, 0.25) is 0 Å². The lowest BCUT2D eigenvalue weighted by Crippen LogP contribution is -2.55. The average Bonchev–Trinajstić information content (AvgIpc) is 2.75. The van der Waals surface area contributed by atoms with Crippen molar-refractivity contribution in [2.75, 3.05) is 26.7 Å². The number of hydrogen-bond acceptors (Lipinski definition) is 3. The second-order valence-electron chi connectivity index (χ2n) is 7.06. The molecule has 3 aliphatic rings. The van der Waals surface area contributed by atoms with Gasteiger partial charge in [-0.2, -0.15) is 0 Å². The van der Waals surface area contributed by atoms with Crippen LogP contribution in [-0.2, 0) is 0 Å². The minimum absolute atomic E-state index is 0.821. The maximum Gasteiger partial charge on any atom is 0.0226 e. The summed E-state index contributed by atoms with van der Waals surface area (Å²) in [5, 5.41) is 3.79. The van der Waals surface area contributed by atoms with E-state index >= 15 is 0 Å². The van der Waals surface area contributed by atoms with Gasteiger partial charge in [0.05, 0.1) is 0 Å². The molecule has 0 amide bonds. The molecule has 3 unspecified atom stereocenters. The van der Waals surface area contributed by atoms with E-state index in [1.54, 1.807) is 0 Å². The Morgan fingerprint density at radius 3 is 2.47 bits per heavy atom. The van der Waals surface area contributed by atoms with E-state index in [4.69, 9.17) is 0 Å². The highest BCUT2D eigenvalue weighted by Gasteiger charge is 2.38. The Hall–Kier alpha value is -0.120. The van der Waals surface area contributed by atoms with Gasteiger partial charge in [-0.05, 0) is 65.1 Å². The van der Waals surface area contributed by atoms with Crippen molar-refractivity contribution >= 4 is 0 Å². The summed E-state index contributed by atoms with van der Waals surface area (Å²) < 4.78 is 0. The van der Waals surface area contributed by atoms with Gasteiger partial charge in [0, 0.05) is 30.7 Å². The third kappa shape index (κ3) is 3.14. The van der Waals surface area contributed by atoms with Crippen LogP contribution in [0.15, 0.2) is 0 Å². The predicted octanol–water partition coefficient (Wildman–Crippen LogP) is 2.08. The van der Waals surface area contributed by atoms with Crippen molar-refractivity contribution in [2.24, 2.45) is 0 Å². The molecule has 3 saturated heterocycles. The van der Waals surface area contributed by atoms with E-state index in [0.717, 1.165) is 24.2 Å². The van der Waals surface area contributed by atoms with Gasteiger partial charge in [-0.15, -0.1) is 0 Å². The number of rotatable bonds is 4. The number of piperidine rings is 2. The number of likely N-dealkylation sites (N-methyl/N-ethyl adjacent to an activating group) is 1. The van der Waals surface area contributed by atoms with Crippen LogP contribution in [0.25, 0.3) is 0 Å². The normalized spacial score (nSPS) is 39.9. The van der Waals surface area contributed by atoms with Crippen molar-refractivity contribution in [3.05, 3.63) is 0 Å². The maximum absolute atomic E-state index is 3.79. The van der Waals surface area contributed by atoms with Crippen molar-refractivity contribution in [3.8, 4) is 0 Å². The van der Waals surface area contributed by atoms with Gasteiger partial charge in [0.25, 0.3) is 0 Å². The van der Waals surface area contributed by atoms with E-state index in [9.17, 15) is 0 Å². The van der Waals surface area contributed by atoms with Gasteiger partial charge in [0.2, 0.25) is 0 Å². The molecule has 110 valence electrons. The fourth-order valence-corrected chi connectivity index (χ4v) is 4.63. The second kappa shape index (κ2) is 6.11. The molecule has 3 rings (SSSR count). The first-order chi connectivity index (χ1) is 9.26. The van der Waals surface area contributed by atoms with Crippen LogP contribution < -0.4 is 5.32 Å². The Labute approximate surface area is 118 Å². The molecule has 2 bridgehead atoms. The fourth-order valence-electron chi connectivity index (χ4n) is 4.63. The Kier molecular flexibility index (Phi) is 4.45. The molecular weight excluding hydrogens is 234 g/mol. The summed E-state index contributed by atoms with van der Waals surface area (Å²) in [5.41, 5.74) is 0. The minimum Gasteiger partial charge on any atom is -0.311 e. The number of hydrogen-bond donors (Lipinski definition) is 1. The predicted molar refractivity (Wildman–Crippen MR) is 80.5 cm³/mol. The van der Waals surface area contributed by atoms with Crippen molar-refractivity contribution in [3.63, 3.8) is 0 Å². The minimum atomic E-state index is 0.821. The highest BCUT2D eigenvalue weighted by Crippen LogP contribution is 2.32. The van der Waals surface area contributed by atoms with Crippen molar-refractivity contribution in [1.29, 1.82) is 0 Å². The van der Waals surface area contributed by atoms with Gasteiger partial charge in [-0.3, -0.25) is 4.90 Å². The summed E-state index contributed by atoms with van der Waals surface area (Å²) in [4.78, 5) is 5.42. The van der Waals surface area contributed by atoms with Gasteiger partial charge in [0.15, 0.2) is 0 Å². The molecule has 0 aromatic carbocycles. The molecule has 3 heteroatoms. The number of nitrogens with zero attached hydrogens (tertiary/aromatic N) is 2. The van der Waals surface area contributed by atoms with E-state index in [1.165, 1.54) is 64.6 Å². The topological polar surface area (TPSA) is 18.5 Å². The quantitative estimate of drug-likeness (QED) is 0.839. The summed E-state index contributed by atoms with van der Waals surface area (Å²) >= 11 is 0. The zero-order chi connectivity index (χ0) is 13.2. The van der Waals surface area contributed by atoms with E-state index in [0.29, 0.717) is 0 Å². The first-order valence-corrected chi connectivity index (χ1v) is 8.46. The zero-order valence-corrected chi connectivity index (χ0v) is 12.8. The average molecular weight is 265 g/mol. The highest BCUT2D eigenvalue weighted by molar-refractivity contribution is 4.97. The van der Waals surface area contributed by atoms with Gasteiger partial charge in [-0.1, -0.05) is 6.92 Å². The Morgan fingerprint density at radius 1 is 1.11 bits per heavy atom. The summed E-state index contributed by atoms with van der Waals surface area (Å²) in [6, 6.07) is 3.32. The molecular formula is C16H31N3. The SMILES string of the molecule is CCCN(C1CC2CCC(C1)N2)C1CCCN(C)C1. The molecule has 0 radical (unpaired) electrons. The molecule has 3 aliphatic heterocycles. The van der Waals surface area contributed by atoms with E-state index < -0.39 is 0 Å². The third-order valence-corrected chi connectivity index (χ3v) is 5.47. The molecule has 0 aromatic rings. The summed E-state index contributed by atoms with van der Waals surface area (Å²) in [5.74, 6) is 0. The molecule has 3 heterocycles. The van der Waals surface area contributed by atoms with Crippen LogP contribution >= 0.6 is 0 Å². The molecule has 3 atom stereocenters. The van der Waals surface area contributed by atoms with Gasteiger partial charge < -0.3 is 10.2 Å². The second-order valence-corrected chi connectivity index (χ2v) is 7.06. The molecule has 0 saturated carbocycles. The van der Waals surface area contributed by atoms with Crippen molar-refractivity contribution in [1.82, 2.24) is 15.1 Å². The van der Waals surface area contributed by atoms with Gasteiger partial charge in [0.1, 0.15) is 0 Å². The number of nitrogens with one attached hydrogen (secondary N) is 1. The summed E-state index contributed by atoms with van der Waals surface area (Å²) in [6.07, 6.45) is 9.76. The molecule has 1 N–H and O–H groups in total. The van der Waals surface area contributed by atoms with Crippen molar-refractivity contribution in [2.45, 2.75) is 76.0 Å². The first-order valence-electron chi connectivity index (χ1n) is 8.46. The Balaban J connectivity index is 1.66. The molecule has 0 aliphatic carbocycles.